The Balaban J connectivity index is 2.38. The Morgan fingerprint density at radius 3 is 2.79 bits per heavy atom. The number of rotatable bonds is 12. The average molecular weight is 334 g/mol. The lowest BCUT2D eigenvalue weighted by molar-refractivity contribution is -0.137. The van der Waals surface area contributed by atoms with Gasteiger partial charge in [0.2, 0.25) is 0 Å². The number of hydrogen-bond donors (Lipinski definition) is 2. The fourth-order valence-electron chi connectivity index (χ4n) is 2.81. The minimum Gasteiger partial charge on any atom is -0.481 e. The van der Waals surface area contributed by atoms with Crippen molar-refractivity contribution in [2.75, 3.05) is 0 Å². The van der Waals surface area contributed by atoms with Crippen LogP contribution in [0.4, 0.5) is 0 Å². The molecule has 0 fully saturated rings. The van der Waals surface area contributed by atoms with Crippen molar-refractivity contribution in [1.29, 1.82) is 0 Å². The summed E-state index contributed by atoms with van der Waals surface area (Å²) in [6.07, 6.45) is 17.0. The minimum atomic E-state index is -0.777. The lowest BCUT2D eigenvalue weighted by Crippen LogP contribution is -2.14. The van der Waals surface area contributed by atoms with Crippen molar-refractivity contribution in [1.82, 2.24) is 0 Å². The number of carbonyl (C=O) groups excluding carboxylic acids is 1. The summed E-state index contributed by atoms with van der Waals surface area (Å²) in [5.74, 6) is -0.705. The predicted molar refractivity (Wildman–Crippen MR) is 95.7 cm³/mol. The number of hydrogen-bond acceptors (Lipinski definition) is 3. The topological polar surface area (TPSA) is 74.6 Å². The van der Waals surface area contributed by atoms with Gasteiger partial charge in [-0.05, 0) is 31.8 Å². The van der Waals surface area contributed by atoms with Gasteiger partial charge in [0.05, 0.1) is 6.10 Å². The molecule has 24 heavy (non-hydrogen) atoms. The van der Waals surface area contributed by atoms with Crippen LogP contribution in [0.25, 0.3) is 0 Å². The van der Waals surface area contributed by atoms with Crippen molar-refractivity contribution in [2.45, 2.75) is 64.4 Å². The van der Waals surface area contributed by atoms with Gasteiger partial charge in [0.15, 0.2) is 5.78 Å². The highest BCUT2D eigenvalue weighted by Gasteiger charge is 2.27. The molecule has 4 nitrogen and oxygen atoms in total. The van der Waals surface area contributed by atoms with Gasteiger partial charge in [0, 0.05) is 18.3 Å². The molecule has 0 aromatic carbocycles. The zero-order valence-electron chi connectivity index (χ0n) is 14.6. The van der Waals surface area contributed by atoms with Crippen LogP contribution >= 0.6 is 0 Å². The molecule has 0 amide bonds. The van der Waals surface area contributed by atoms with E-state index in [0.29, 0.717) is 12.8 Å². The Bertz CT molecular complexity index is 476. The monoisotopic (exact) mass is 334 g/mol. The molecule has 3 atom stereocenters. The normalized spacial score (nSPS) is 22.0. The number of unbranched alkanes of at least 4 members (excludes halogenated alkanes) is 3. The fourth-order valence-corrected chi connectivity index (χ4v) is 2.81. The van der Waals surface area contributed by atoms with Crippen LogP contribution in [-0.2, 0) is 9.59 Å². The number of carboxylic acids is 1. The Labute approximate surface area is 145 Å². The highest BCUT2D eigenvalue weighted by Crippen LogP contribution is 2.27. The summed E-state index contributed by atoms with van der Waals surface area (Å²) in [7, 11) is 0. The van der Waals surface area contributed by atoms with Crippen LogP contribution in [0.3, 0.4) is 0 Å². The largest absolute Gasteiger partial charge is 0.481 e. The molecule has 1 unspecified atom stereocenters. The highest BCUT2D eigenvalue weighted by molar-refractivity contribution is 5.95. The maximum Gasteiger partial charge on any atom is 0.303 e. The third-order valence-corrected chi connectivity index (χ3v) is 4.29. The van der Waals surface area contributed by atoms with Crippen LogP contribution in [0.1, 0.15) is 58.3 Å². The number of carbonyl (C=O) groups is 2. The van der Waals surface area contributed by atoms with E-state index >= 15 is 0 Å². The van der Waals surface area contributed by atoms with Gasteiger partial charge < -0.3 is 10.2 Å². The van der Waals surface area contributed by atoms with E-state index < -0.39 is 12.1 Å². The van der Waals surface area contributed by atoms with E-state index in [0.717, 1.165) is 32.1 Å². The molecule has 0 saturated heterocycles. The summed E-state index contributed by atoms with van der Waals surface area (Å²) in [6.45, 7) is 2.14. The van der Waals surface area contributed by atoms with Crippen molar-refractivity contribution in [3.8, 4) is 0 Å². The first kappa shape index (κ1) is 20.4. The van der Waals surface area contributed by atoms with Crippen LogP contribution < -0.4 is 0 Å². The van der Waals surface area contributed by atoms with Gasteiger partial charge in [-0.15, -0.1) is 0 Å². The lowest BCUT2D eigenvalue weighted by Gasteiger charge is -2.13. The third kappa shape index (κ3) is 8.25. The minimum absolute atomic E-state index is 0.0435. The van der Waals surface area contributed by atoms with Crippen LogP contribution in [0.2, 0.25) is 0 Å². The average Bonchev–Trinajstić information content (AvgIpc) is 2.89. The van der Waals surface area contributed by atoms with Crippen LogP contribution in [-0.4, -0.2) is 28.1 Å². The number of allylic oxidation sites excluding steroid dienone is 5. The standard InChI is InChI=1S/C20H30O4/c1-2-3-6-9-17(21)14-12-16-13-15-19(22)18(16)10-7-4-5-8-11-20(23)24/h4,7,12-18,21H,2-3,5-6,8-11H2,1H3,(H,23,24)/b7-4-,14-12+/t16?,17-,18-/m1/s1. The Hall–Kier alpha value is -1.68. The van der Waals surface area contributed by atoms with Crippen molar-refractivity contribution in [3.05, 3.63) is 36.5 Å². The van der Waals surface area contributed by atoms with E-state index in [2.05, 4.69) is 6.92 Å². The molecule has 1 aliphatic carbocycles. The predicted octanol–water partition coefficient (Wildman–Crippen LogP) is 4.06. The lowest BCUT2D eigenvalue weighted by atomic mass is 9.90. The Kier molecular flexibility index (Phi) is 10.0. The number of aliphatic hydroxyl groups excluding tert-OH is 1. The molecular formula is C20H30O4. The van der Waals surface area contributed by atoms with E-state index in [-0.39, 0.29) is 24.0 Å². The number of ketones is 1. The van der Waals surface area contributed by atoms with Crippen LogP contribution in [0.5, 0.6) is 0 Å². The van der Waals surface area contributed by atoms with Gasteiger partial charge in [0.1, 0.15) is 0 Å². The van der Waals surface area contributed by atoms with Gasteiger partial charge in [-0.3, -0.25) is 9.59 Å². The zero-order valence-corrected chi connectivity index (χ0v) is 14.6. The van der Waals surface area contributed by atoms with Crippen molar-refractivity contribution >= 4 is 11.8 Å². The van der Waals surface area contributed by atoms with Crippen molar-refractivity contribution < 1.29 is 19.8 Å². The van der Waals surface area contributed by atoms with Crippen LogP contribution in [0.15, 0.2) is 36.5 Å². The molecule has 1 rings (SSSR count). The molecule has 4 heteroatoms. The summed E-state index contributed by atoms with van der Waals surface area (Å²) in [4.78, 5) is 22.4. The molecule has 0 aliphatic heterocycles. The quantitative estimate of drug-likeness (QED) is 0.417. The van der Waals surface area contributed by atoms with E-state index in [1.807, 2.05) is 30.4 Å². The molecule has 0 radical (unpaired) electrons. The first-order chi connectivity index (χ1) is 11.5. The van der Waals surface area contributed by atoms with Gasteiger partial charge in [-0.2, -0.15) is 0 Å². The molecule has 0 bridgehead atoms. The molecule has 0 aromatic rings. The summed E-state index contributed by atoms with van der Waals surface area (Å²) >= 11 is 0. The first-order valence-corrected chi connectivity index (χ1v) is 8.99. The van der Waals surface area contributed by atoms with Crippen LogP contribution in [0, 0.1) is 11.8 Å². The summed E-state index contributed by atoms with van der Waals surface area (Å²) < 4.78 is 0. The summed E-state index contributed by atoms with van der Waals surface area (Å²) in [5, 5.41) is 18.5. The van der Waals surface area contributed by atoms with E-state index in [4.69, 9.17) is 5.11 Å². The zero-order chi connectivity index (χ0) is 17.8. The van der Waals surface area contributed by atoms with Gasteiger partial charge in [0.25, 0.3) is 0 Å². The summed E-state index contributed by atoms with van der Waals surface area (Å²) in [6, 6.07) is 0. The molecule has 1 aliphatic rings. The fraction of sp³-hybridized carbons (Fsp3) is 0.600. The number of carboxylic acid groups (broad SMARTS) is 1. The van der Waals surface area contributed by atoms with E-state index in [9.17, 15) is 14.7 Å². The van der Waals surface area contributed by atoms with E-state index in [1.54, 1.807) is 6.08 Å². The third-order valence-electron chi connectivity index (χ3n) is 4.29. The first-order valence-electron chi connectivity index (χ1n) is 8.99. The van der Waals surface area contributed by atoms with Gasteiger partial charge >= 0.3 is 5.97 Å². The van der Waals surface area contributed by atoms with Gasteiger partial charge in [-0.25, -0.2) is 0 Å². The number of aliphatic hydroxyl groups is 1. The maximum absolute atomic E-state index is 12.0. The second kappa shape index (κ2) is 11.8. The molecule has 0 spiro atoms. The summed E-state index contributed by atoms with van der Waals surface area (Å²) in [5.41, 5.74) is 0. The molecule has 0 heterocycles. The molecule has 2 N–H and O–H groups in total. The number of aliphatic carboxylic acids is 1. The highest BCUT2D eigenvalue weighted by atomic mass is 16.4. The Morgan fingerprint density at radius 2 is 2.08 bits per heavy atom. The van der Waals surface area contributed by atoms with Crippen molar-refractivity contribution in [3.63, 3.8) is 0 Å². The smallest absolute Gasteiger partial charge is 0.303 e. The second-order valence-electron chi connectivity index (χ2n) is 6.39. The van der Waals surface area contributed by atoms with Crippen molar-refractivity contribution in [2.24, 2.45) is 11.8 Å². The molecule has 0 saturated carbocycles. The van der Waals surface area contributed by atoms with Gasteiger partial charge in [-0.1, -0.05) is 56.6 Å². The maximum atomic E-state index is 12.0. The molecule has 134 valence electrons. The Morgan fingerprint density at radius 1 is 1.29 bits per heavy atom. The molecular weight excluding hydrogens is 304 g/mol. The molecule has 0 aromatic heterocycles. The SMILES string of the molecule is CCCCC[C@@H](O)/C=C/C1C=CC(=O)[C@@H]1C/C=C\CCCC(=O)O. The second-order valence-corrected chi connectivity index (χ2v) is 6.39. The van der Waals surface area contributed by atoms with E-state index in [1.165, 1.54) is 0 Å².